The van der Waals surface area contributed by atoms with Crippen molar-refractivity contribution in [1.29, 1.82) is 0 Å². The number of hydrogen-bond acceptors (Lipinski definition) is 4. The van der Waals surface area contributed by atoms with E-state index in [4.69, 9.17) is 17.5 Å². The van der Waals surface area contributed by atoms with Crippen molar-refractivity contribution < 1.29 is 16.5 Å². The molecule has 0 aliphatic heterocycles. The molecule has 0 spiro atoms. The van der Waals surface area contributed by atoms with E-state index < -0.39 is 16.5 Å². The summed E-state index contributed by atoms with van der Waals surface area (Å²) in [5.41, 5.74) is 0. The molecule has 0 radical (unpaired) electrons. The summed E-state index contributed by atoms with van der Waals surface area (Å²) in [7, 11) is 0. The van der Waals surface area contributed by atoms with Crippen LogP contribution in [0.4, 0.5) is 0 Å². The van der Waals surface area contributed by atoms with Gasteiger partial charge in [-0.25, -0.2) is 0 Å². The van der Waals surface area contributed by atoms with E-state index >= 15 is 0 Å². The molecule has 0 saturated carbocycles. The fraction of sp³-hybridized carbons (Fsp3) is 0. The molecule has 0 amide bonds. The zero-order chi connectivity index (χ0) is 4.50. The Morgan fingerprint density at radius 1 is 0.714 bits per heavy atom. The summed E-state index contributed by atoms with van der Waals surface area (Å²) in [5.74, 6) is 0. The van der Waals surface area contributed by atoms with E-state index in [0.29, 0.717) is 0 Å². The summed E-state index contributed by atoms with van der Waals surface area (Å²) in [5, 5.41) is 0. The van der Waals surface area contributed by atoms with Crippen LogP contribution in [0.3, 0.4) is 0 Å². The Bertz CT molecular complexity index is 25.2. The third-order valence-electron chi connectivity index (χ3n) is 0. The molecule has 8 N–H and O–H groups in total. The Labute approximate surface area is 67.7 Å². The summed E-state index contributed by atoms with van der Waals surface area (Å²) in [4.78, 5) is 0. The van der Waals surface area contributed by atoms with Crippen LogP contribution in [-0.2, 0) is 16.5 Å². The quantitative estimate of drug-likeness (QED) is 0.418. The predicted octanol–water partition coefficient (Wildman–Crippen LogP) is -1.21. The van der Waals surface area contributed by atoms with E-state index in [1.165, 1.54) is 0 Å². The van der Waals surface area contributed by atoms with Crippen LogP contribution in [-0.4, -0.2) is 0 Å². The molecule has 7 heteroatoms. The zero-order valence-electron chi connectivity index (χ0n) is 3.44. The van der Waals surface area contributed by atoms with E-state index in [2.05, 4.69) is 0 Å². The van der Waals surface area contributed by atoms with Crippen LogP contribution in [0.25, 0.3) is 0 Å². The first-order valence-corrected chi connectivity index (χ1v) is 4.32. The van der Waals surface area contributed by atoms with Crippen LogP contribution in [0.2, 0.25) is 0 Å². The van der Waals surface area contributed by atoms with Gasteiger partial charge in [0.1, 0.15) is 0 Å². The van der Waals surface area contributed by atoms with Crippen LogP contribution in [0.1, 0.15) is 0 Å². The van der Waals surface area contributed by atoms with Crippen LogP contribution in [0.15, 0.2) is 0 Å². The monoisotopic (exact) mass is 330 g/mol. The molecule has 0 aromatic rings. The number of rotatable bonds is 0. The Morgan fingerprint density at radius 2 is 0.714 bits per heavy atom. The summed E-state index contributed by atoms with van der Waals surface area (Å²) in [6, 6.07) is 0. The third kappa shape index (κ3) is 104. The van der Waals surface area contributed by atoms with E-state index in [9.17, 15) is 0 Å². The maximum absolute atomic E-state index is 4.84. The van der Waals surface area contributed by atoms with Gasteiger partial charge in [0.15, 0.2) is 0 Å². The molecule has 4 nitrogen and oxygen atoms in total. The summed E-state index contributed by atoms with van der Waals surface area (Å²) in [6.45, 7) is 0. The molecule has 54 valence electrons. The van der Waals surface area contributed by atoms with Crippen molar-refractivity contribution in [3.8, 4) is 0 Å². The van der Waals surface area contributed by atoms with Gasteiger partial charge in [0.25, 0.3) is 0 Å². The van der Waals surface area contributed by atoms with Gasteiger partial charge in [-0.3, -0.25) is 0 Å². The van der Waals surface area contributed by atoms with Crippen molar-refractivity contribution in [2.24, 2.45) is 17.5 Å². The average molecular weight is 332 g/mol. The normalized spacial score (nSPS) is 10.9. The van der Waals surface area contributed by atoms with E-state index in [0.717, 1.165) is 0 Å². The molecule has 0 atom stereocenters. The Hall–Kier alpha value is 1.46. The Balaban J connectivity index is -0.0000000800. The molecule has 0 aliphatic rings. The first-order chi connectivity index (χ1) is 2.00. The second-order valence-corrected chi connectivity index (χ2v) is 3.74. The van der Waals surface area contributed by atoms with Crippen molar-refractivity contribution >= 4 is 34.0 Å². The first kappa shape index (κ1) is 15.8. The third-order valence-corrected chi connectivity index (χ3v) is 0. The predicted molar refractivity (Wildman–Crippen MR) is 37.4 cm³/mol. The average Bonchev–Trinajstić information content (AvgIpc) is 0.722. The van der Waals surface area contributed by atoms with E-state index in [1.807, 2.05) is 0 Å². The summed E-state index contributed by atoms with van der Waals surface area (Å²) >= 11 is -2.70. The Kier molecular flexibility index (Phi) is 12.6. The van der Waals surface area contributed by atoms with Gasteiger partial charge in [-0.2, -0.15) is 0 Å². The zero-order valence-corrected chi connectivity index (χ0v) is 8.42. The molecule has 0 fully saturated rings. The first-order valence-electron chi connectivity index (χ1n) is 0.730. The van der Waals surface area contributed by atoms with Gasteiger partial charge in [-0.05, 0) is 0 Å². The van der Waals surface area contributed by atoms with Crippen LogP contribution < -0.4 is 17.5 Å². The minimum absolute atomic E-state index is 0. The minimum atomic E-state index is -2.70. The fourth-order valence-electron chi connectivity index (χ4n) is 0. The van der Waals surface area contributed by atoms with Gasteiger partial charge in [-0.1, -0.05) is 0 Å². The van der Waals surface area contributed by atoms with Gasteiger partial charge in [0, 0.05) is 0 Å². The maximum atomic E-state index is 4.84. The van der Waals surface area contributed by atoms with Crippen molar-refractivity contribution in [3.05, 3.63) is 0 Å². The standard InChI is InChI=1S/2BrH.4H2N.Pd/h2*1H;4*1H2;/q;;4*-1;+4. The molecule has 0 bridgehead atoms. The molecule has 7 heavy (non-hydrogen) atoms. The molecular weight excluding hydrogens is 322 g/mol. The number of halogens is 2. The second kappa shape index (κ2) is 5.60. The van der Waals surface area contributed by atoms with Gasteiger partial charge >= 0.3 is 34.0 Å². The van der Waals surface area contributed by atoms with Crippen molar-refractivity contribution in [2.75, 3.05) is 0 Å². The van der Waals surface area contributed by atoms with E-state index in [-0.39, 0.29) is 34.0 Å². The number of nitrogens with two attached hydrogens (primary N) is 4. The molecule has 0 heterocycles. The molecule has 0 saturated heterocycles. The fourth-order valence-corrected chi connectivity index (χ4v) is 0. The van der Waals surface area contributed by atoms with E-state index in [1.54, 1.807) is 0 Å². The molecule has 0 aliphatic carbocycles. The van der Waals surface area contributed by atoms with Crippen molar-refractivity contribution in [3.63, 3.8) is 0 Å². The van der Waals surface area contributed by atoms with Crippen molar-refractivity contribution in [2.45, 2.75) is 0 Å². The molecule has 0 aromatic heterocycles. The topological polar surface area (TPSA) is 104 Å². The van der Waals surface area contributed by atoms with Gasteiger partial charge in [-0.15, -0.1) is 34.0 Å². The summed E-state index contributed by atoms with van der Waals surface area (Å²) < 4.78 is 19.4. The van der Waals surface area contributed by atoms with Gasteiger partial charge in [0.05, 0.1) is 0 Å². The molecular formula is H10Br2N4Pd. The van der Waals surface area contributed by atoms with Crippen LogP contribution >= 0.6 is 34.0 Å². The second-order valence-electron chi connectivity index (χ2n) is 0.632. The molecule has 0 aromatic carbocycles. The summed E-state index contributed by atoms with van der Waals surface area (Å²) in [6.07, 6.45) is 0. The number of hydrogen-bond donors (Lipinski definition) is 4. The van der Waals surface area contributed by atoms with Crippen molar-refractivity contribution in [1.82, 2.24) is 0 Å². The Morgan fingerprint density at radius 3 is 0.714 bits per heavy atom. The molecule has 0 rings (SSSR count). The van der Waals surface area contributed by atoms with Crippen LogP contribution in [0.5, 0.6) is 0 Å². The molecule has 0 unspecified atom stereocenters. The van der Waals surface area contributed by atoms with Gasteiger partial charge < -0.3 is 0 Å². The van der Waals surface area contributed by atoms with Crippen LogP contribution in [0, 0.1) is 0 Å². The van der Waals surface area contributed by atoms with Gasteiger partial charge in [0.2, 0.25) is 0 Å². The SMILES string of the molecule is Br.Br.[NH2][Pd]([NH2])([NH2])[NH2].